The monoisotopic (exact) mass is 506 g/mol. The summed E-state index contributed by atoms with van der Waals surface area (Å²) in [5.41, 5.74) is 2.91. The average Bonchev–Trinajstić information content (AvgIpc) is 2.79. The van der Waals surface area contributed by atoms with E-state index in [0.717, 1.165) is 11.3 Å². The molecule has 0 atom stereocenters. The lowest BCUT2D eigenvalue weighted by molar-refractivity contribution is 0.451. The molecule has 4 rings (SSSR count). The van der Waals surface area contributed by atoms with Gasteiger partial charge in [0.05, 0.1) is 11.4 Å². The van der Waals surface area contributed by atoms with Crippen LogP contribution >= 0.6 is 34.8 Å². The Morgan fingerprint density at radius 1 is 0.667 bits per heavy atom. The molecule has 4 heterocycles. The molecule has 0 radical (unpaired) electrons. The van der Waals surface area contributed by atoms with Gasteiger partial charge in [-0.1, -0.05) is 34.8 Å². The van der Waals surface area contributed by atoms with Crippen molar-refractivity contribution in [3.63, 3.8) is 0 Å². The molecule has 0 aromatic carbocycles. The number of ether oxygens (including phenoxy) is 1. The van der Waals surface area contributed by atoms with E-state index in [0.29, 0.717) is 38.3 Å². The summed E-state index contributed by atoms with van der Waals surface area (Å²) < 4.78 is 5.62. The van der Waals surface area contributed by atoms with E-state index >= 15 is 0 Å². The first-order valence-electron chi connectivity index (χ1n) is 9.50. The number of hydrogen-bond acceptors (Lipinski definition) is 8. The highest BCUT2D eigenvalue weighted by atomic mass is 35.5. The molecule has 0 saturated heterocycles. The highest BCUT2D eigenvalue weighted by Gasteiger charge is 2.08. The quantitative estimate of drug-likeness (QED) is 0.323. The van der Waals surface area contributed by atoms with E-state index in [4.69, 9.17) is 44.6 Å². The molecular formula is C22H21Cl3N6O2. The molecule has 0 aliphatic heterocycles. The van der Waals surface area contributed by atoms with Crippen LogP contribution < -0.4 is 4.74 Å². The Morgan fingerprint density at radius 3 is 1.67 bits per heavy atom. The normalized spacial score (nSPS) is 9.79. The van der Waals surface area contributed by atoms with Gasteiger partial charge in [0.2, 0.25) is 5.88 Å². The van der Waals surface area contributed by atoms with Crippen molar-refractivity contribution in [3.05, 3.63) is 87.3 Å². The maximum Gasteiger partial charge on any atom is 0.226 e. The smallest absolute Gasteiger partial charge is 0.226 e. The Morgan fingerprint density at radius 2 is 1.18 bits per heavy atom. The number of rotatable bonds is 2. The molecule has 0 fully saturated rings. The highest BCUT2D eigenvalue weighted by Crippen LogP contribution is 2.26. The van der Waals surface area contributed by atoms with Gasteiger partial charge in [0.25, 0.3) is 0 Å². The van der Waals surface area contributed by atoms with Crippen molar-refractivity contribution < 1.29 is 9.84 Å². The first kappa shape index (κ1) is 26.2. The molecular weight excluding hydrogens is 487 g/mol. The van der Waals surface area contributed by atoms with Gasteiger partial charge in [-0.05, 0) is 52.0 Å². The zero-order valence-electron chi connectivity index (χ0n) is 18.3. The van der Waals surface area contributed by atoms with E-state index in [9.17, 15) is 0 Å². The average molecular weight is 508 g/mol. The Balaban J connectivity index is 0.000000192. The van der Waals surface area contributed by atoms with Gasteiger partial charge >= 0.3 is 0 Å². The second-order valence-corrected chi connectivity index (χ2v) is 7.55. The summed E-state index contributed by atoms with van der Waals surface area (Å²) in [7, 11) is 0. The first-order chi connectivity index (χ1) is 15.7. The largest absolute Gasteiger partial charge is 0.506 e. The van der Waals surface area contributed by atoms with E-state index in [1.54, 1.807) is 44.4 Å². The fourth-order valence-electron chi connectivity index (χ4n) is 2.08. The van der Waals surface area contributed by atoms with Crippen LogP contribution in [0.25, 0.3) is 0 Å². The summed E-state index contributed by atoms with van der Waals surface area (Å²) in [6.07, 6.45) is 6.06. The second kappa shape index (κ2) is 12.8. The van der Waals surface area contributed by atoms with Crippen molar-refractivity contribution in [2.24, 2.45) is 0 Å². The maximum atomic E-state index is 8.86. The van der Waals surface area contributed by atoms with E-state index in [2.05, 4.69) is 29.9 Å². The summed E-state index contributed by atoms with van der Waals surface area (Å²) in [5.74, 6) is 1.38. The Kier molecular flexibility index (Phi) is 10.2. The predicted molar refractivity (Wildman–Crippen MR) is 128 cm³/mol. The van der Waals surface area contributed by atoms with E-state index < -0.39 is 0 Å². The van der Waals surface area contributed by atoms with Crippen molar-refractivity contribution in [2.45, 2.75) is 27.7 Å². The Hall–Kier alpha value is -3.07. The number of hydrogen-bond donors (Lipinski definition) is 1. The third-order valence-electron chi connectivity index (χ3n) is 4.08. The van der Waals surface area contributed by atoms with Gasteiger partial charge < -0.3 is 9.84 Å². The van der Waals surface area contributed by atoms with Crippen molar-refractivity contribution >= 4 is 34.8 Å². The molecule has 0 bridgehead atoms. The van der Waals surface area contributed by atoms with Gasteiger partial charge in [0.1, 0.15) is 33.9 Å². The van der Waals surface area contributed by atoms with Gasteiger partial charge in [0, 0.05) is 23.5 Å². The molecule has 0 aliphatic carbocycles. The summed E-state index contributed by atoms with van der Waals surface area (Å²) >= 11 is 17.0. The predicted octanol–water partition coefficient (Wildman–Crippen LogP) is 6.12. The molecule has 0 amide bonds. The Labute approximate surface area is 206 Å². The number of aromatic nitrogens is 6. The van der Waals surface area contributed by atoms with Crippen LogP contribution in [0.15, 0.2) is 49.3 Å². The molecule has 11 heteroatoms. The van der Waals surface area contributed by atoms with Crippen molar-refractivity contribution in [2.75, 3.05) is 0 Å². The van der Waals surface area contributed by atoms with Crippen molar-refractivity contribution in [3.8, 4) is 17.4 Å². The molecule has 0 unspecified atom stereocenters. The number of nitrogens with zero attached hydrogens (tertiary/aromatic N) is 6. The molecule has 172 valence electrons. The number of pyridine rings is 2. The SMILES string of the molecule is Cc1c(Cl)ncnc1Cl.Cc1ncccc1O.Cc1ncccc1Oc1ncnc(Cl)c1C. The van der Waals surface area contributed by atoms with Crippen LogP contribution in [0.4, 0.5) is 0 Å². The molecule has 4 aromatic rings. The van der Waals surface area contributed by atoms with Gasteiger partial charge in [0.15, 0.2) is 5.75 Å². The fraction of sp³-hybridized carbons (Fsp3) is 0.182. The van der Waals surface area contributed by atoms with Crippen LogP contribution in [0.5, 0.6) is 17.4 Å². The molecule has 8 nitrogen and oxygen atoms in total. The number of aryl methyl sites for hydroxylation is 2. The van der Waals surface area contributed by atoms with Crippen LogP contribution in [0, 0.1) is 27.7 Å². The molecule has 33 heavy (non-hydrogen) atoms. The summed E-state index contributed by atoms with van der Waals surface area (Å²) in [6, 6.07) is 6.95. The zero-order valence-corrected chi connectivity index (χ0v) is 20.6. The minimum Gasteiger partial charge on any atom is -0.506 e. The third-order valence-corrected chi connectivity index (χ3v) is 5.22. The fourth-order valence-corrected chi connectivity index (χ4v) is 2.52. The molecule has 0 saturated carbocycles. The number of aromatic hydroxyl groups is 1. The lowest BCUT2D eigenvalue weighted by atomic mass is 10.3. The van der Waals surface area contributed by atoms with Crippen LogP contribution in [0.2, 0.25) is 15.5 Å². The van der Waals surface area contributed by atoms with Crippen LogP contribution in [-0.4, -0.2) is 35.0 Å². The topological polar surface area (TPSA) is 107 Å². The summed E-state index contributed by atoms with van der Waals surface area (Å²) in [6.45, 7) is 7.21. The minimum absolute atomic E-state index is 0.257. The Bertz CT molecular complexity index is 1170. The van der Waals surface area contributed by atoms with Crippen molar-refractivity contribution in [1.82, 2.24) is 29.9 Å². The standard InChI is InChI=1S/C11H10ClN3O.C6H7NO.C5H4Cl2N2/c1-7-10(12)14-6-15-11(7)16-9-4-3-5-13-8(9)2;1-5-6(8)3-2-4-7-5;1-3-4(6)8-2-9-5(3)7/h3-6H,1-2H3;2-4,8H,1H3;2H,1H3. The lowest BCUT2D eigenvalue weighted by Gasteiger charge is -2.08. The minimum atomic E-state index is 0.257. The summed E-state index contributed by atoms with van der Waals surface area (Å²) in [5, 5.41) is 10.1. The van der Waals surface area contributed by atoms with Gasteiger partial charge in [-0.2, -0.15) is 0 Å². The van der Waals surface area contributed by atoms with E-state index in [1.807, 2.05) is 19.9 Å². The summed E-state index contributed by atoms with van der Waals surface area (Å²) in [4.78, 5) is 23.3. The lowest BCUT2D eigenvalue weighted by Crippen LogP contribution is -1.95. The van der Waals surface area contributed by atoms with Crippen molar-refractivity contribution in [1.29, 1.82) is 0 Å². The maximum absolute atomic E-state index is 8.86. The third kappa shape index (κ3) is 8.09. The van der Waals surface area contributed by atoms with Crippen LogP contribution in [-0.2, 0) is 0 Å². The zero-order chi connectivity index (χ0) is 24.4. The molecule has 4 aromatic heterocycles. The number of halogens is 3. The molecule has 0 aliphatic rings. The van der Waals surface area contributed by atoms with Crippen LogP contribution in [0.3, 0.4) is 0 Å². The second-order valence-electron chi connectivity index (χ2n) is 6.47. The van der Waals surface area contributed by atoms with Crippen LogP contribution in [0.1, 0.15) is 22.5 Å². The van der Waals surface area contributed by atoms with Gasteiger partial charge in [-0.15, -0.1) is 0 Å². The molecule has 0 spiro atoms. The van der Waals surface area contributed by atoms with Gasteiger partial charge in [-0.3, -0.25) is 9.97 Å². The van der Waals surface area contributed by atoms with Gasteiger partial charge in [-0.25, -0.2) is 19.9 Å². The highest BCUT2D eigenvalue weighted by molar-refractivity contribution is 6.34. The van der Waals surface area contributed by atoms with E-state index in [-0.39, 0.29) is 5.75 Å². The first-order valence-corrected chi connectivity index (χ1v) is 10.6. The molecule has 1 N–H and O–H groups in total. The van der Waals surface area contributed by atoms with E-state index in [1.165, 1.54) is 12.7 Å².